The van der Waals surface area contributed by atoms with Gasteiger partial charge in [0.15, 0.2) is 6.61 Å². The predicted molar refractivity (Wildman–Crippen MR) is 79.0 cm³/mol. The van der Waals surface area contributed by atoms with E-state index in [-0.39, 0.29) is 23.1 Å². The Hall–Kier alpha value is -2.53. The number of carbonyl (C=O) groups is 2. The van der Waals surface area contributed by atoms with Crippen molar-refractivity contribution in [3.63, 3.8) is 0 Å². The summed E-state index contributed by atoms with van der Waals surface area (Å²) in [6, 6.07) is 13.0. The van der Waals surface area contributed by atoms with Gasteiger partial charge in [-0.3, -0.25) is 4.79 Å². The molecule has 21 heavy (non-hydrogen) atoms. The first-order chi connectivity index (χ1) is 10.1. The second-order valence-corrected chi connectivity index (χ2v) is 4.56. The van der Waals surface area contributed by atoms with Gasteiger partial charge in [0, 0.05) is 0 Å². The minimum Gasteiger partial charge on any atom is -0.484 e. The topological polar surface area (TPSA) is 75.6 Å². The third-order valence-electron chi connectivity index (χ3n) is 2.60. The maximum absolute atomic E-state index is 11.7. The molecule has 0 spiro atoms. The van der Waals surface area contributed by atoms with Gasteiger partial charge in [-0.15, -0.1) is 0 Å². The summed E-state index contributed by atoms with van der Waals surface area (Å²) in [5.41, 5.74) is 0.391. The number of carboxylic acids is 1. The van der Waals surface area contributed by atoms with Gasteiger partial charge >= 0.3 is 5.97 Å². The molecule has 0 aliphatic heterocycles. The molecule has 0 aliphatic rings. The second kappa shape index (κ2) is 6.76. The maximum Gasteiger partial charge on any atom is 0.335 e. The van der Waals surface area contributed by atoms with Crippen LogP contribution >= 0.6 is 11.6 Å². The fourth-order valence-corrected chi connectivity index (χ4v) is 1.83. The number of amides is 1. The average Bonchev–Trinajstić information content (AvgIpc) is 2.48. The van der Waals surface area contributed by atoms with Crippen LogP contribution in [0, 0.1) is 0 Å². The minimum atomic E-state index is -1.08. The summed E-state index contributed by atoms with van der Waals surface area (Å²) in [6.45, 7) is -0.166. The zero-order valence-electron chi connectivity index (χ0n) is 10.9. The van der Waals surface area contributed by atoms with Gasteiger partial charge in [-0.25, -0.2) is 4.79 Å². The quantitative estimate of drug-likeness (QED) is 0.890. The molecule has 0 atom stereocenters. The van der Waals surface area contributed by atoms with Crippen molar-refractivity contribution in [1.29, 1.82) is 0 Å². The molecule has 2 aromatic carbocycles. The molecule has 0 aliphatic carbocycles. The van der Waals surface area contributed by atoms with E-state index in [9.17, 15) is 9.59 Å². The smallest absolute Gasteiger partial charge is 0.335 e. The van der Waals surface area contributed by atoms with Crippen molar-refractivity contribution >= 4 is 29.2 Å². The third-order valence-corrected chi connectivity index (χ3v) is 2.92. The van der Waals surface area contributed by atoms with E-state index in [2.05, 4.69) is 5.32 Å². The van der Waals surface area contributed by atoms with Crippen LogP contribution in [0.1, 0.15) is 10.4 Å². The Balaban J connectivity index is 1.95. The number of aromatic carboxylic acids is 1. The van der Waals surface area contributed by atoms with E-state index in [1.54, 1.807) is 24.3 Å². The number of halogens is 1. The SMILES string of the molecule is O=C(COc1ccccc1)Nc1ccc(C(=O)O)cc1Cl. The van der Waals surface area contributed by atoms with Gasteiger partial charge < -0.3 is 15.2 Å². The zero-order chi connectivity index (χ0) is 15.2. The zero-order valence-corrected chi connectivity index (χ0v) is 11.6. The molecular formula is C15H12ClNO4. The molecule has 2 aromatic rings. The lowest BCUT2D eigenvalue weighted by molar-refractivity contribution is -0.118. The molecule has 5 nitrogen and oxygen atoms in total. The van der Waals surface area contributed by atoms with Crippen LogP contribution in [-0.2, 0) is 4.79 Å². The van der Waals surface area contributed by atoms with Crippen LogP contribution in [0.15, 0.2) is 48.5 Å². The minimum absolute atomic E-state index is 0.0542. The lowest BCUT2D eigenvalue weighted by atomic mass is 10.2. The number of anilines is 1. The Morgan fingerprint density at radius 1 is 1.14 bits per heavy atom. The Labute approximate surface area is 126 Å². The highest BCUT2D eigenvalue weighted by atomic mass is 35.5. The number of hydrogen-bond donors (Lipinski definition) is 2. The normalized spacial score (nSPS) is 9.95. The van der Waals surface area contributed by atoms with Crippen LogP contribution in [0.2, 0.25) is 5.02 Å². The van der Waals surface area contributed by atoms with Crippen molar-refractivity contribution in [2.45, 2.75) is 0 Å². The number of ether oxygens (including phenoxy) is 1. The number of para-hydroxylation sites is 1. The van der Waals surface area contributed by atoms with Crippen LogP contribution in [0.3, 0.4) is 0 Å². The molecule has 1 amide bonds. The van der Waals surface area contributed by atoms with E-state index in [4.69, 9.17) is 21.4 Å². The molecule has 0 fully saturated rings. The number of carboxylic acid groups (broad SMARTS) is 1. The molecule has 2 rings (SSSR count). The monoisotopic (exact) mass is 305 g/mol. The van der Waals surface area contributed by atoms with Crippen molar-refractivity contribution in [3.8, 4) is 5.75 Å². The van der Waals surface area contributed by atoms with Crippen molar-refractivity contribution in [1.82, 2.24) is 0 Å². The highest BCUT2D eigenvalue weighted by molar-refractivity contribution is 6.34. The highest BCUT2D eigenvalue weighted by Crippen LogP contribution is 2.23. The van der Waals surface area contributed by atoms with Crippen LogP contribution in [-0.4, -0.2) is 23.6 Å². The first kappa shape index (κ1) is 14.9. The predicted octanol–water partition coefficient (Wildman–Crippen LogP) is 3.06. The summed E-state index contributed by atoms with van der Waals surface area (Å²) in [4.78, 5) is 22.5. The fourth-order valence-electron chi connectivity index (χ4n) is 1.60. The van der Waals surface area contributed by atoms with Crippen LogP contribution < -0.4 is 10.1 Å². The molecule has 6 heteroatoms. The summed E-state index contributed by atoms with van der Waals surface area (Å²) in [6.07, 6.45) is 0. The van der Waals surface area contributed by atoms with E-state index in [1.165, 1.54) is 18.2 Å². The van der Waals surface area contributed by atoms with E-state index in [1.807, 2.05) is 6.07 Å². The molecule has 0 saturated carbocycles. The summed E-state index contributed by atoms with van der Waals surface area (Å²) in [5, 5.41) is 11.5. The first-order valence-corrected chi connectivity index (χ1v) is 6.44. The van der Waals surface area contributed by atoms with Crippen molar-refractivity contribution in [2.75, 3.05) is 11.9 Å². The van der Waals surface area contributed by atoms with Crippen LogP contribution in [0.5, 0.6) is 5.75 Å². The average molecular weight is 306 g/mol. The standard InChI is InChI=1S/C15H12ClNO4/c16-12-8-10(15(19)20)6-7-13(12)17-14(18)9-21-11-4-2-1-3-5-11/h1-8H,9H2,(H,17,18)(H,19,20). The second-order valence-electron chi connectivity index (χ2n) is 4.15. The lowest BCUT2D eigenvalue weighted by Crippen LogP contribution is -2.20. The van der Waals surface area contributed by atoms with Crippen LogP contribution in [0.4, 0.5) is 5.69 Å². The molecule has 108 valence electrons. The lowest BCUT2D eigenvalue weighted by Gasteiger charge is -2.09. The number of carbonyl (C=O) groups excluding carboxylic acids is 1. The Morgan fingerprint density at radius 3 is 2.48 bits per heavy atom. The molecule has 0 aromatic heterocycles. The highest BCUT2D eigenvalue weighted by Gasteiger charge is 2.10. The Kier molecular flexibility index (Phi) is 4.79. The van der Waals surface area contributed by atoms with Crippen LogP contribution in [0.25, 0.3) is 0 Å². The van der Waals surface area contributed by atoms with E-state index >= 15 is 0 Å². The molecule has 0 saturated heterocycles. The van der Waals surface area contributed by atoms with Gasteiger partial charge in [0.2, 0.25) is 0 Å². The molecule has 2 N–H and O–H groups in total. The summed E-state index contributed by atoms with van der Waals surface area (Å²) < 4.78 is 5.29. The van der Waals surface area contributed by atoms with E-state index < -0.39 is 5.97 Å². The molecule has 0 bridgehead atoms. The van der Waals surface area contributed by atoms with Crippen molar-refractivity contribution in [2.24, 2.45) is 0 Å². The first-order valence-electron chi connectivity index (χ1n) is 6.07. The van der Waals surface area contributed by atoms with Crippen molar-refractivity contribution < 1.29 is 19.4 Å². The number of nitrogens with one attached hydrogen (secondary N) is 1. The number of rotatable bonds is 5. The number of benzene rings is 2. The molecule has 0 unspecified atom stereocenters. The van der Waals surface area contributed by atoms with Gasteiger partial charge in [0.05, 0.1) is 16.3 Å². The van der Waals surface area contributed by atoms with Gasteiger partial charge in [0.25, 0.3) is 5.91 Å². The largest absolute Gasteiger partial charge is 0.484 e. The summed E-state index contributed by atoms with van der Waals surface area (Å²) >= 11 is 5.92. The van der Waals surface area contributed by atoms with E-state index in [0.29, 0.717) is 11.4 Å². The molecule has 0 heterocycles. The van der Waals surface area contributed by atoms with Gasteiger partial charge in [-0.2, -0.15) is 0 Å². The number of hydrogen-bond acceptors (Lipinski definition) is 3. The maximum atomic E-state index is 11.7. The third kappa shape index (κ3) is 4.22. The van der Waals surface area contributed by atoms with Gasteiger partial charge in [-0.05, 0) is 30.3 Å². The van der Waals surface area contributed by atoms with E-state index in [0.717, 1.165) is 0 Å². The Morgan fingerprint density at radius 2 is 1.86 bits per heavy atom. The van der Waals surface area contributed by atoms with Gasteiger partial charge in [0.1, 0.15) is 5.75 Å². The van der Waals surface area contributed by atoms with Gasteiger partial charge in [-0.1, -0.05) is 29.8 Å². The summed E-state index contributed by atoms with van der Waals surface area (Å²) in [7, 11) is 0. The summed E-state index contributed by atoms with van der Waals surface area (Å²) in [5.74, 6) is -0.883. The Bertz CT molecular complexity index is 658. The van der Waals surface area contributed by atoms with Crippen molar-refractivity contribution in [3.05, 3.63) is 59.1 Å². The fraction of sp³-hybridized carbons (Fsp3) is 0.0667. The molecular weight excluding hydrogens is 294 g/mol. The molecule has 0 radical (unpaired) electrons.